The molecule has 0 fully saturated rings. The van der Waals surface area contributed by atoms with Crippen LogP contribution in [0.15, 0.2) is 0 Å². The number of hydrogen-bond acceptors (Lipinski definition) is 2. The van der Waals surface area contributed by atoms with Crippen LogP contribution in [0, 0.1) is 5.92 Å². The van der Waals surface area contributed by atoms with Crippen LogP contribution in [0.1, 0.15) is 13.8 Å². The fourth-order valence-electron chi connectivity index (χ4n) is 0.647. The van der Waals surface area contributed by atoms with Gasteiger partial charge in [-0.3, -0.25) is 0 Å². The van der Waals surface area contributed by atoms with E-state index in [2.05, 4.69) is 0 Å². The summed E-state index contributed by atoms with van der Waals surface area (Å²) in [6.07, 6.45) is -1.31. The molecule has 0 spiro atoms. The number of carboxylic acid groups (broad SMARTS) is 2. The summed E-state index contributed by atoms with van der Waals surface area (Å²) >= 11 is 0. The molecule has 1 amide bonds. The van der Waals surface area contributed by atoms with Gasteiger partial charge in [-0.15, -0.1) is 0 Å². The predicted molar refractivity (Wildman–Crippen MR) is 37.4 cm³/mol. The molecule has 0 rings (SSSR count). The van der Waals surface area contributed by atoms with Crippen LogP contribution in [0.4, 0.5) is 4.79 Å². The molecule has 0 bridgehead atoms. The second-order valence-corrected chi connectivity index (χ2v) is 2.51. The smallest absolute Gasteiger partial charge is 0.405 e. The van der Waals surface area contributed by atoms with Crippen LogP contribution in [0.25, 0.3) is 0 Å². The highest BCUT2D eigenvalue weighted by Crippen LogP contribution is 2.00. The summed E-state index contributed by atoms with van der Waals surface area (Å²) < 4.78 is 0. The third-order valence-electron chi connectivity index (χ3n) is 1.21. The van der Waals surface area contributed by atoms with Crippen LogP contribution in [-0.4, -0.2) is 28.3 Å². The van der Waals surface area contributed by atoms with E-state index in [9.17, 15) is 9.59 Å². The second kappa shape index (κ2) is 3.80. The van der Waals surface area contributed by atoms with Crippen molar-refractivity contribution >= 4 is 12.1 Å². The molecule has 0 saturated carbocycles. The predicted octanol–water partition coefficient (Wildman–Crippen LogP) is 0.363. The van der Waals surface area contributed by atoms with Crippen molar-refractivity contribution in [1.29, 1.82) is 0 Å². The SMILES string of the molecule is CC(C)[C@@H](NC(=O)O)C(=O)O. The van der Waals surface area contributed by atoms with E-state index in [1.54, 1.807) is 13.8 Å². The summed E-state index contributed by atoms with van der Waals surface area (Å²) in [5, 5.41) is 18.6. The topological polar surface area (TPSA) is 86.6 Å². The highest BCUT2D eigenvalue weighted by Gasteiger charge is 2.22. The summed E-state index contributed by atoms with van der Waals surface area (Å²) in [6.45, 7) is 3.27. The molecule has 0 aromatic rings. The zero-order chi connectivity index (χ0) is 9.02. The van der Waals surface area contributed by atoms with Gasteiger partial charge >= 0.3 is 12.1 Å². The van der Waals surface area contributed by atoms with Crippen molar-refractivity contribution in [3.8, 4) is 0 Å². The van der Waals surface area contributed by atoms with Gasteiger partial charge in [-0.05, 0) is 5.92 Å². The number of carboxylic acids is 1. The fourth-order valence-corrected chi connectivity index (χ4v) is 0.647. The van der Waals surface area contributed by atoms with E-state index in [0.717, 1.165) is 0 Å². The molecule has 0 radical (unpaired) electrons. The Bertz CT molecular complexity index is 166. The normalized spacial score (nSPS) is 12.6. The Morgan fingerprint density at radius 3 is 1.82 bits per heavy atom. The number of rotatable bonds is 3. The molecular weight excluding hydrogens is 150 g/mol. The molecule has 11 heavy (non-hydrogen) atoms. The number of amides is 1. The standard InChI is InChI=1S/C6H11NO4/c1-3(2)4(5(8)9)7-6(10)11/h3-4,7H,1-2H3,(H,8,9)(H,10,11)/t4-/m1/s1. The molecule has 0 aliphatic rings. The molecule has 0 unspecified atom stereocenters. The maximum Gasteiger partial charge on any atom is 0.405 e. The van der Waals surface area contributed by atoms with Crippen LogP contribution in [-0.2, 0) is 4.79 Å². The third kappa shape index (κ3) is 3.44. The number of hydrogen-bond donors (Lipinski definition) is 3. The van der Waals surface area contributed by atoms with E-state index >= 15 is 0 Å². The van der Waals surface area contributed by atoms with Crippen molar-refractivity contribution in [2.24, 2.45) is 5.92 Å². The minimum atomic E-state index is -1.31. The lowest BCUT2D eigenvalue weighted by Gasteiger charge is -2.14. The molecule has 1 atom stereocenters. The maximum absolute atomic E-state index is 10.4. The van der Waals surface area contributed by atoms with Crippen molar-refractivity contribution in [2.75, 3.05) is 0 Å². The largest absolute Gasteiger partial charge is 0.480 e. The molecule has 0 saturated heterocycles. The first-order chi connectivity index (χ1) is 4.95. The first kappa shape index (κ1) is 9.74. The van der Waals surface area contributed by atoms with Gasteiger partial charge < -0.3 is 15.5 Å². The van der Waals surface area contributed by atoms with Gasteiger partial charge in [0.25, 0.3) is 0 Å². The van der Waals surface area contributed by atoms with Crippen molar-refractivity contribution < 1.29 is 19.8 Å². The molecular formula is C6H11NO4. The van der Waals surface area contributed by atoms with Crippen molar-refractivity contribution in [1.82, 2.24) is 5.32 Å². The monoisotopic (exact) mass is 161 g/mol. The van der Waals surface area contributed by atoms with E-state index < -0.39 is 18.1 Å². The van der Waals surface area contributed by atoms with Crippen LogP contribution in [0.3, 0.4) is 0 Å². The van der Waals surface area contributed by atoms with Gasteiger partial charge in [0.15, 0.2) is 0 Å². The molecule has 3 N–H and O–H groups in total. The van der Waals surface area contributed by atoms with Crippen LogP contribution >= 0.6 is 0 Å². The highest BCUT2D eigenvalue weighted by molar-refractivity contribution is 5.79. The quantitative estimate of drug-likeness (QED) is 0.557. The van der Waals surface area contributed by atoms with E-state index in [0.29, 0.717) is 0 Å². The highest BCUT2D eigenvalue weighted by atomic mass is 16.4. The Kier molecular flexibility index (Phi) is 3.36. The molecule has 0 aromatic heterocycles. The van der Waals surface area contributed by atoms with Crippen molar-refractivity contribution in [3.63, 3.8) is 0 Å². The van der Waals surface area contributed by atoms with Crippen molar-refractivity contribution in [2.45, 2.75) is 19.9 Å². The summed E-state index contributed by atoms with van der Waals surface area (Å²) in [6, 6.07) is -1.02. The van der Waals surface area contributed by atoms with Crippen LogP contribution in [0.2, 0.25) is 0 Å². The summed E-state index contributed by atoms with van der Waals surface area (Å²) in [7, 11) is 0. The Hall–Kier alpha value is -1.26. The number of carbonyl (C=O) groups is 2. The summed E-state index contributed by atoms with van der Waals surface area (Å²) in [5.41, 5.74) is 0. The number of nitrogens with one attached hydrogen (secondary N) is 1. The zero-order valence-corrected chi connectivity index (χ0v) is 6.37. The Morgan fingerprint density at radius 1 is 1.27 bits per heavy atom. The second-order valence-electron chi connectivity index (χ2n) is 2.51. The van der Waals surface area contributed by atoms with Crippen LogP contribution < -0.4 is 5.32 Å². The Labute approximate surface area is 64.0 Å². The lowest BCUT2D eigenvalue weighted by atomic mass is 10.1. The van der Waals surface area contributed by atoms with Gasteiger partial charge in [-0.1, -0.05) is 13.8 Å². The van der Waals surface area contributed by atoms with Gasteiger partial charge in [0.05, 0.1) is 0 Å². The van der Waals surface area contributed by atoms with Gasteiger partial charge in [-0.25, -0.2) is 9.59 Å². The summed E-state index contributed by atoms with van der Waals surface area (Å²) in [4.78, 5) is 20.4. The Morgan fingerprint density at radius 2 is 1.73 bits per heavy atom. The molecule has 0 aromatic carbocycles. The maximum atomic E-state index is 10.4. The Balaban J connectivity index is 4.12. The molecule has 0 aliphatic carbocycles. The van der Waals surface area contributed by atoms with Gasteiger partial charge in [0.2, 0.25) is 0 Å². The first-order valence-electron chi connectivity index (χ1n) is 3.17. The van der Waals surface area contributed by atoms with E-state index in [4.69, 9.17) is 10.2 Å². The molecule has 0 heterocycles. The van der Waals surface area contributed by atoms with E-state index in [1.165, 1.54) is 0 Å². The lowest BCUT2D eigenvalue weighted by molar-refractivity contribution is -0.140. The van der Waals surface area contributed by atoms with Gasteiger partial charge in [0, 0.05) is 0 Å². The van der Waals surface area contributed by atoms with Gasteiger partial charge in [-0.2, -0.15) is 0 Å². The number of aliphatic carboxylic acids is 1. The molecule has 64 valence electrons. The lowest BCUT2D eigenvalue weighted by Crippen LogP contribution is -2.43. The average Bonchev–Trinajstić information content (AvgIpc) is 1.81. The van der Waals surface area contributed by atoms with Crippen LogP contribution in [0.5, 0.6) is 0 Å². The van der Waals surface area contributed by atoms with Gasteiger partial charge in [0.1, 0.15) is 6.04 Å². The third-order valence-corrected chi connectivity index (χ3v) is 1.21. The molecule has 5 nitrogen and oxygen atoms in total. The fraction of sp³-hybridized carbons (Fsp3) is 0.667. The van der Waals surface area contributed by atoms with Crippen molar-refractivity contribution in [3.05, 3.63) is 0 Å². The minimum absolute atomic E-state index is 0.247. The van der Waals surface area contributed by atoms with E-state index in [-0.39, 0.29) is 5.92 Å². The minimum Gasteiger partial charge on any atom is -0.480 e. The average molecular weight is 161 g/mol. The first-order valence-corrected chi connectivity index (χ1v) is 3.17. The molecule has 5 heteroatoms. The zero-order valence-electron chi connectivity index (χ0n) is 6.37. The van der Waals surface area contributed by atoms with E-state index in [1.807, 2.05) is 5.32 Å². The summed E-state index contributed by atoms with van der Waals surface area (Å²) in [5.74, 6) is -1.40. The molecule has 0 aliphatic heterocycles.